The number of rotatable bonds is 10. The van der Waals surface area contributed by atoms with Crippen molar-refractivity contribution in [2.45, 2.75) is 43.5 Å². The van der Waals surface area contributed by atoms with Crippen LogP contribution < -0.4 is 10.1 Å². The Morgan fingerprint density at radius 3 is 2.55 bits per heavy atom. The Kier molecular flexibility index (Phi) is 8.04. The van der Waals surface area contributed by atoms with E-state index < -0.39 is 0 Å². The highest BCUT2D eigenvalue weighted by atomic mass is 32.2. The fourth-order valence-corrected chi connectivity index (χ4v) is 2.83. The molecule has 1 atom stereocenters. The minimum Gasteiger partial charge on any atom is -0.497 e. The normalized spacial score (nSPS) is 14.0. The maximum Gasteiger partial charge on any atom is 0.118 e. The molecule has 114 valence electrons. The van der Waals surface area contributed by atoms with Crippen LogP contribution in [0.4, 0.5) is 0 Å². The van der Waals surface area contributed by atoms with Gasteiger partial charge in [-0.15, -0.1) is 11.8 Å². The lowest BCUT2D eigenvalue weighted by Crippen LogP contribution is -2.46. The number of aliphatic hydroxyl groups excluding tert-OH is 1. The van der Waals surface area contributed by atoms with Gasteiger partial charge in [-0.05, 0) is 62.7 Å². The van der Waals surface area contributed by atoms with E-state index in [4.69, 9.17) is 4.74 Å². The maximum atomic E-state index is 9.50. The number of methoxy groups -OCH3 is 1. The molecule has 4 heteroatoms. The average molecular weight is 297 g/mol. The highest BCUT2D eigenvalue weighted by molar-refractivity contribution is 7.99. The standard InChI is InChI=1S/C16H27NO2S/c1-4-11-17-16(2,13-18)10-5-12-20-15-8-6-14(19-3)7-9-15/h6-9,17-18H,4-5,10-13H2,1-3H3. The van der Waals surface area contributed by atoms with Crippen LogP contribution in [0.3, 0.4) is 0 Å². The number of benzene rings is 1. The third-order valence-corrected chi connectivity index (χ3v) is 4.45. The van der Waals surface area contributed by atoms with Gasteiger partial charge >= 0.3 is 0 Å². The number of hydrogen-bond donors (Lipinski definition) is 2. The summed E-state index contributed by atoms with van der Waals surface area (Å²) in [4.78, 5) is 1.26. The van der Waals surface area contributed by atoms with Crippen molar-refractivity contribution in [3.8, 4) is 5.75 Å². The Morgan fingerprint density at radius 2 is 2.00 bits per heavy atom. The predicted molar refractivity (Wildman–Crippen MR) is 86.7 cm³/mol. The first-order valence-corrected chi connectivity index (χ1v) is 8.25. The highest BCUT2D eigenvalue weighted by Gasteiger charge is 2.21. The second-order valence-electron chi connectivity index (χ2n) is 5.27. The van der Waals surface area contributed by atoms with E-state index in [0.717, 1.165) is 37.3 Å². The van der Waals surface area contributed by atoms with Crippen molar-refractivity contribution in [3.63, 3.8) is 0 Å². The van der Waals surface area contributed by atoms with E-state index in [0.29, 0.717) is 0 Å². The third-order valence-electron chi connectivity index (χ3n) is 3.35. The molecule has 0 aromatic heterocycles. The van der Waals surface area contributed by atoms with Gasteiger partial charge in [0, 0.05) is 10.4 Å². The molecule has 1 aromatic carbocycles. The predicted octanol–water partition coefficient (Wildman–Crippen LogP) is 3.32. The minimum absolute atomic E-state index is 0.142. The van der Waals surface area contributed by atoms with Crippen molar-refractivity contribution >= 4 is 11.8 Å². The quantitative estimate of drug-likeness (QED) is 0.513. The summed E-state index contributed by atoms with van der Waals surface area (Å²) in [6.07, 6.45) is 3.17. The van der Waals surface area contributed by atoms with Gasteiger partial charge in [-0.1, -0.05) is 6.92 Å². The molecule has 3 nitrogen and oxygen atoms in total. The monoisotopic (exact) mass is 297 g/mol. The summed E-state index contributed by atoms with van der Waals surface area (Å²) in [6.45, 7) is 5.40. The van der Waals surface area contributed by atoms with Gasteiger partial charge in [0.25, 0.3) is 0 Å². The number of ether oxygens (including phenoxy) is 1. The lowest BCUT2D eigenvalue weighted by atomic mass is 9.97. The van der Waals surface area contributed by atoms with Gasteiger partial charge < -0.3 is 15.2 Å². The molecule has 20 heavy (non-hydrogen) atoms. The minimum atomic E-state index is -0.142. The molecule has 0 fully saturated rings. The van der Waals surface area contributed by atoms with Gasteiger partial charge in [-0.3, -0.25) is 0 Å². The van der Waals surface area contributed by atoms with Crippen molar-refractivity contribution in [2.24, 2.45) is 0 Å². The molecule has 0 saturated carbocycles. The Labute approximate surface area is 127 Å². The zero-order valence-corrected chi connectivity index (χ0v) is 13.6. The summed E-state index contributed by atoms with van der Waals surface area (Å²) in [6, 6.07) is 8.15. The second kappa shape index (κ2) is 9.27. The summed E-state index contributed by atoms with van der Waals surface area (Å²) >= 11 is 1.85. The Morgan fingerprint density at radius 1 is 1.30 bits per heavy atom. The van der Waals surface area contributed by atoms with Gasteiger partial charge in [-0.2, -0.15) is 0 Å². The maximum absolute atomic E-state index is 9.50. The van der Waals surface area contributed by atoms with Gasteiger partial charge in [0.15, 0.2) is 0 Å². The molecule has 0 bridgehead atoms. The Balaban J connectivity index is 2.28. The van der Waals surface area contributed by atoms with Gasteiger partial charge in [0.05, 0.1) is 13.7 Å². The van der Waals surface area contributed by atoms with Crippen molar-refractivity contribution in [2.75, 3.05) is 26.0 Å². The molecule has 1 aromatic rings. The van der Waals surface area contributed by atoms with E-state index >= 15 is 0 Å². The largest absolute Gasteiger partial charge is 0.497 e. The molecule has 0 saturated heterocycles. The molecule has 0 amide bonds. The highest BCUT2D eigenvalue weighted by Crippen LogP contribution is 2.23. The summed E-state index contributed by atoms with van der Waals surface area (Å²) in [5.74, 6) is 1.96. The lowest BCUT2D eigenvalue weighted by molar-refractivity contribution is 0.165. The van der Waals surface area contributed by atoms with E-state index in [9.17, 15) is 5.11 Å². The van der Waals surface area contributed by atoms with Crippen molar-refractivity contribution in [3.05, 3.63) is 24.3 Å². The molecule has 1 rings (SSSR count). The van der Waals surface area contributed by atoms with E-state index in [1.54, 1.807) is 7.11 Å². The van der Waals surface area contributed by atoms with E-state index in [2.05, 4.69) is 31.3 Å². The molecule has 0 aliphatic rings. The SMILES string of the molecule is CCCNC(C)(CO)CCCSc1ccc(OC)cc1. The molecule has 0 radical (unpaired) electrons. The van der Waals surface area contributed by atoms with Crippen LogP contribution >= 0.6 is 11.8 Å². The van der Waals surface area contributed by atoms with Crippen molar-refractivity contribution < 1.29 is 9.84 Å². The van der Waals surface area contributed by atoms with Crippen LogP contribution in [0.15, 0.2) is 29.2 Å². The van der Waals surface area contributed by atoms with E-state index in [-0.39, 0.29) is 12.1 Å². The Bertz CT molecular complexity index is 369. The van der Waals surface area contributed by atoms with Crippen LogP contribution in [0, 0.1) is 0 Å². The topological polar surface area (TPSA) is 41.5 Å². The summed E-state index contributed by atoms with van der Waals surface area (Å²) in [7, 11) is 1.68. The van der Waals surface area contributed by atoms with Crippen LogP contribution in [-0.4, -0.2) is 36.7 Å². The van der Waals surface area contributed by atoms with Crippen LogP contribution in [0.2, 0.25) is 0 Å². The average Bonchev–Trinajstić information content (AvgIpc) is 2.50. The van der Waals surface area contributed by atoms with Gasteiger partial charge in [-0.25, -0.2) is 0 Å². The Hall–Kier alpha value is -0.710. The summed E-state index contributed by atoms with van der Waals surface area (Å²) in [5.41, 5.74) is -0.142. The van der Waals surface area contributed by atoms with Crippen LogP contribution in [-0.2, 0) is 0 Å². The zero-order valence-electron chi connectivity index (χ0n) is 12.8. The second-order valence-corrected chi connectivity index (χ2v) is 6.44. The smallest absolute Gasteiger partial charge is 0.118 e. The van der Waals surface area contributed by atoms with Crippen molar-refractivity contribution in [1.82, 2.24) is 5.32 Å². The van der Waals surface area contributed by atoms with Crippen LogP contribution in [0.25, 0.3) is 0 Å². The first-order chi connectivity index (χ1) is 9.63. The van der Waals surface area contributed by atoms with Gasteiger partial charge in [0.2, 0.25) is 0 Å². The van der Waals surface area contributed by atoms with Crippen LogP contribution in [0.5, 0.6) is 5.75 Å². The van der Waals surface area contributed by atoms with Crippen molar-refractivity contribution in [1.29, 1.82) is 0 Å². The third kappa shape index (κ3) is 6.16. The number of hydrogen-bond acceptors (Lipinski definition) is 4. The first kappa shape index (κ1) is 17.3. The van der Waals surface area contributed by atoms with Crippen LogP contribution in [0.1, 0.15) is 33.1 Å². The zero-order chi connectivity index (χ0) is 14.8. The lowest BCUT2D eigenvalue weighted by Gasteiger charge is -2.28. The summed E-state index contributed by atoms with van der Waals surface area (Å²) in [5, 5.41) is 12.9. The van der Waals surface area contributed by atoms with Gasteiger partial charge in [0.1, 0.15) is 5.75 Å². The fraction of sp³-hybridized carbons (Fsp3) is 0.625. The molecule has 0 aliphatic carbocycles. The molecule has 0 aliphatic heterocycles. The number of aliphatic hydroxyl groups is 1. The fourth-order valence-electron chi connectivity index (χ4n) is 1.97. The number of nitrogens with one attached hydrogen (secondary N) is 1. The molecule has 0 heterocycles. The van der Waals surface area contributed by atoms with E-state index in [1.807, 2.05) is 23.9 Å². The molecular formula is C16H27NO2S. The molecule has 0 spiro atoms. The van der Waals surface area contributed by atoms with E-state index in [1.165, 1.54) is 4.90 Å². The molecule has 2 N–H and O–H groups in total. The molecular weight excluding hydrogens is 270 g/mol. The first-order valence-electron chi connectivity index (χ1n) is 7.26. The summed E-state index contributed by atoms with van der Waals surface area (Å²) < 4.78 is 5.15. The number of thioether (sulfide) groups is 1. The molecule has 1 unspecified atom stereocenters.